The molecule has 1 saturated heterocycles. The van der Waals surface area contributed by atoms with Crippen LogP contribution >= 0.6 is 11.8 Å². The average Bonchev–Trinajstić information content (AvgIpc) is 2.45. The van der Waals surface area contributed by atoms with Gasteiger partial charge in [0.2, 0.25) is 0 Å². The van der Waals surface area contributed by atoms with Crippen molar-refractivity contribution < 1.29 is 0 Å². The van der Waals surface area contributed by atoms with Gasteiger partial charge in [0.15, 0.2) is 0 Å². The Morgan fingerprint density at radius 1 is 1.27 bits per heavy atom. The van der Waals surface area contributed by atoms with Crippen LogP contribution in [0.2, 0.25) is 0 Å². The summed E-state index contributed by atoms with van der Waals surface area (Å²) in [6, 6.07) is 0.723. The van der Waals surface area contributed by atoms with E-state index in [2.05, 4.69) is 37.4 Å². The van der Waals surface area contributed by atoms with Gasteiger partial charge in [0.1, 0.15) is 0 Å². The normalized spacial score (nSPS) is 23.4. The second-order valence-electron chi connectivity index (χ2n) is 5.00. The lowest BCUT2D eigenvalue weighted by Gasteiger charge is -2.30. The Morgan fingerprint density at radius 3 is 2.73 bits per heavy atom. The molecule has 2 heteroatoms. The van der Waals surface area contributed by atoms with Crippen molar-refractivity contribution in [3.63, 3.8) is 0 Å². The van der Waals surface area contributed by atoms with Crippen molar-refractivity contribution in [1.29, 1.82) is 0 Å². The van der Waals surface area contributed by atoms with Gasteiger partial charge >= 0.3 is 0 Å². The SMILES string of the molecule is CCCN(CC1CCCSCC1)C(C)C. The molecular weight excluding hydrogens is 202 g/mol. The molecule has 1 fully saturated rings. The predicted octanol–water partition coefficient (Wildman–Crippen LogP) is 3.64. The topological polar surface area (TPSA) is 3.24 Å². The van der Waals surface area contributed by atoms with Gasteiger partial charge in [-0.05, 0) is 63.5 Å². The number of nitrogens with zero attached hydrogens (tertiary/aromatic N) is 1. The molecule has 15 heavy (non-hydrogen) atoms. The van der Waals surface area contributed by atoms with Crippen molar-refractivity contribution in [1.82, 2.24) is 4.90 Å². The zero-order valence-corrected chi connectivity index (χ0v) is 11.5. The Kier molecular flexibility index (Phi) is 6.74. The first kappa shape index (κ1) is 13.4. The predicted molar refractivity (Wildman–Crippen MR) is 71.7 cm³/mol. The lowest BCUT2D eigenvalue weighted by atomic mass is 9.99. The van der Waals surface area contributed by atoms with Gasteiger partial charge in [0, 0.05) is 12.6 Å². The molecule has 0 amide bonds. The quantitative estimate of drug-likeness (QED) is 0.708. The van der Waals surface area contributed by atoms with Crippen molar-refractivity contribution in [2.75, 3.05) is 24.6 Å². The molecule has 1 rings (SSSR count). The van der Waals surface area contributed by atoms with Crippen LogP contribution in [0.5, 0.6) is 0 Å². The summed E-state index contributed by atoms with van der Waals surface area (Å²) < 4.78 is 0. The maximum absolute atomic E-state index is 2.67. The molecule has 1 aliphatic heterocycles. The van der Waals surface area contributed by atoms with Crippen molar-refractivity contribution in [2.45, 2.75) is 52.5 Å². The third kappa shape index (κ3) is 5.26. The Balaban J connectivity index is 2.34. The average molecular weight is 229 g/mol. The van der Waals surface area contributed by atoms with Crippen LogP contribution in [0, 0.1) is 5.92 Å². The summed E-state index contributed by atoms with van der Waals surface area (Å²) in [6.07, 6.45) is 5.63. The lowest BCUT2D eigenvalue weighted by molar-refractivity contribution is 0.181. The molecule has 0 radical (unpaired) electrons. The molecule has 0 aromatic carbocycles. The zero-order chi connectivity index (χ0) is 11.1. The third-order valence-corrected chi connectivity index (χ3v) is 4.41. The van der Waals surface area contributed by atoms with Crippen LogP contribution in [-0.2, 0) is 0 Å². The first-order valence-electron chi connectivity index (χ1n) is 6.55. The summed E-state index contributed by atoms with van der Waals surface area (Å²) in [7, 11) is 0. The van der Waals surface area contributed by atoms with Gasteiger partial charge in [-0.25, -0.2) is 0 Å². The second-order valence-corrected chi connectivity index (χ2v) is 6.22. The Labute approximate surface area is 100.0 Å². The minimum absolute atomic E-state index is 0.723. The van der Waals surface area contributed by atoms with E-state index in [9.17, 15) is 0 Å². The van der Waals surface area contributed by atoms with Crippen molar-refractivity contribution in [3.05, 3.63) is 0 Å². The maximum Gasteiger partial charge on any atom is 0.00387 e. The van der Waals surface area contributed by atoms with E-state index in [-0.39, 0.29) is 0 Å². The summed E-state index contributed by atoms with van der Waals surface area (Å²) in [4.78, 5) is 2.67. The molecule has 0 aliphatic carbocycles. The van der Waals surface area contributed by atoms with Crippen LogP contribution in [0.25, 0.3) is 0 Å². The zero-order valence-electron chi connectivity index (χ0n) is 10.7. The van der Waals surface area contributed by atoms with E-state index < -0.39 is 0 Å². The van der Waals surface area contributed by atoms with Crippen LogP contribution in [0.1, 0.15) is 46.5 Å². The first-order chi connectivity index (χ1) is 7.24. The minimum Gasteiger partial charge on any atom is -0.301 e. The maximum atomic E-state index is 2.67. The molecule has 0 aromatic heterocycles. The summed E-state index contributed by atoms with van der Waals surface area (Å²) in [5, 5.41) is 0. The van der Waals surface area contributed by atoms with E-state index in [0.717, 1.165) is 12.0 Å². The monoisotopic (exact) mass is 229 g/mol. The lowest BCUT2D eigenvalue weighted by Crippen LogP contribution is -2.36. The highest BCUT2D eigenvalue weighted by Crippen LogP contribution is 2.23. The largest absolute Gasteiger partial charge is 0.301 e. The van der Waals surface area contributed by atoms with Crippen LogP contribution in [0.15, 0.2) is 0 Å². The summed E-state index contributed by atoms with van der Waals surface area (Å²) in [5.74, 6) is 3.75. The summed E-state index contributed by atoms with van der Waals surface area (Å²) in [6.45, 7) is 9.58. The molecule has 1 heterocycles. The van der Waals surface area contributed by atoms with Gasteiger partial charge in [0.25, 0.3) is 0 Å². The van der Waals surface area contributed by atoms with Gasteiger partial charge in [-0.2, -0.15) is 11.8 Å². The van der Waals surface area contributed by atoms with Gasteiger partial charge in [-0.15, -0.1) is 0 Å². The van der Waals surface area contributed by atoms with E-state index >= 15 is 0 Å². The van der Waals surface area contributed by atoms with E-state index in [0.29, 0.717) is 0 Å². The van der Waals surface area contributed by atoms with Crippen LogP contribution in [0.3, 0.4) is 0 Å². The van der Waals surface area contributed by atoms with Crippen LogP contribution in [-0.4, -0.2) is 35.5 Å². The molecule has 0 bridgehead atoms. The van der Waals surface area contributed by atoms with Crippen LogP contribution < -0.4 is 0 Å². The first-order valence-corrected chi connectivity index (χ1v) is 7.71. The molecule has 0 spiro atoms. The molecular formula is C13H27NS. The Bertz CT molecular complexity index is 151. The van der Waals surface area contributed by atoms with E-state index in [1.165, 1.54) is 50.3 Å². The van der Waals surface area contributed by atoms with Gasteiger partial charge < -0.3 is 4.90 Å². The molecule has 90 valence electrons. The smallest absolute Gasteiger partial charge is 0.00387 e. The summed E-state index contributed by atoms with van der Waals surface area (Å²) >= 11 is 2.15. The number of hydrogen-bond donors (Lipinski definition) is 0. The van der Waals surface area contributed by atoms with E-state index in [1.54, 1.807) is 0 Å². The standard InChI is InChI=1S/C13H27NS/c1-4-8-14(12(2)3)11-13-6-5-9-15-10-7-13/h12-13H,4-11H2,1-3H3. The van der Waals surface area contributed by atoms with Gasteiger partial charge in [-0.3, -0.25) is 0 Å². The molecule has 1 unspecified atom stereocenters. The van der Waals surface area contributed by atoms with Crippen molar-refractivity contribution in [3.8, 4) is 0 Å². The Hall–Kier alpha value is 0.310. The molecule has 1 nitrogen and oxygen atoms in total. The molecule has 0 N–H and O–H groups in total. The fourth-order valence-corrected chi connectivity index (χ4v) is 3.41. The fraction of sp³-hybridized carbons (Fsp3) is 1.00. The second kappa shape index (κ2) is 7.56. The molecule has 0 aromatic rings. The minimum atomic E-state index is 0.723. The van der Waals surface area contributed by atoms with E-state index in [1.807, 2.05) is 0 Å². The van der Waals surface area contributed by atoms with Gasteiger partial charge in [-0.1, -0.05) is 6.92 Å². The van der Waals surface area contributed by atoms with Crippen molar-refractivity contribution >= 4 is 11.8 Å². The van der Waals surface area contributed by atoms with Gasteiger partial charge in [0.05, 0.1) is 0 Å². The summed E-state index contributed by atoms with van der Waals surface area (Å²) in [5.41, 5.74) is 0. The third-order valence-electron chi connectivity index (χ3n) is 3.31. The fourth-order valence-electron chi connectivity index (χ4n) is 2.33. The highest BCUT2D eigenvalue weighted by molar-refractivity contribution is 7.99. The highest BCUT2D eigenvalue weighted by Gasteiger charge is 2.17. The number of thioether (sulfide) groups is 1. The Morgan fingerprint density at radius 2 is 2.07 bits per heavy atom. The molecule has 1 aliphatic rings. The molecule has 1 atom stereocenters. The van der Waals surface area contributed by atoms with Crippen LogP contribution in [0.4, 0.5) is 0 Å². The molecule has 0 saturated carbocycles. The van der Waals surface area contributed by atoms with Crippen molar-refractivity contribution in [2.24, 2.45) is 5.92 Å². The number of rotatable bonds is 5. The van der Waals surface area contributed by atoms with E-state index in [4.69, 9.17) is 0 Å². The highest BCUT2D eigenvalue weighted by atomic mass is 32.2. The number of hydrogen-bond acceptors (Lipinski definition) is 2.